The fourth-order valence-corrected chi connectivity index (χ4v) is 2.97. The first-order valence-corrected chi connectivity index (χ1v) is 7.67. The van der Waals surface area contributed by atoms with E-state index in [1.807, 2.05) is 0 Å². The van der Waals surface area contributed by atoms with Crippen LogP contribution in [0.2, 0.25) is 10.0 Å². The Morgan fingerprint density at radius 1 is 1.24 bits per heavy atom. The molecule has 25 heavy (non-hydrogen) atoms. The van der Waals surface area contributed by atoms with Gasteiger partial charge < -0.3 is 15.2 Å². The Morgan fingerprint density at radius 3 is 2.60 bits per heavy atom. The van der Waals surface area contributed by atoms with Crippen LogP contribution in [-0.2, 0) is 18.7 Å². The average molecular weight is 384 g/mol. The summed E-state index contributed by atoms with van der Waals surface area (Å²) < 4.78 is 2.58. The maximum Gasteiger partial charge on any atom is 0.490 e. The number of nitrogens with zero attached hydrogens (tertiary/aromatic N) is 7. The van der Waals surface area contributed by atoms with Gasteiger partial charge in [-0.25, -0.2) is 9.67 Å². The van der Waals surface area contributed by atoms with E-state index in [4.69, 9.17) is 23.2 Å². The van der Waals surface area contributed by atoms with E-state index in [1.165, 1.54) is 28.1 Å². The highest BCUT2D eigenvalue weighted by atomic mass is 35.5. The van der Waals surface area contributed by atoms with Crippen molar-refractivity contribution in [3.63, 3.8) is 0 Å². The molecule has 1 atom stereocenters. The molecule has 0 radical (unpaired) electrons. The Labute approximate surface area is 150 Å². The molecule has 12 heteroatoms. The lowest BCUT2D eigenvalue weighted by atomic mass is 9.93. The molecule has 1 N–H and O–H groups in total. The van der Waals surface area contributed by atoms with E-state index < -0.39 is 16.5 Å². The van der Waals surface area contributed by atoms with E-state index in [0.717, 1.165) is 6.33 Å². The number of aliphatic hydroxyl groups is 1. The van der Waals surface area contributed by atoms with Gasteiger partial charge in [-0.05, 0) is 17.1 Å². The van der Waals surface area contributed by atoms with Gasteiger partial charge in [0.2, 0.25) is 6.33 Å². The fraction of sp³-hybridized carbons (Fsp3) is 0.231. The highest BCUT2D eigenvalue weighted by molar-refractivity contribution is 6.35. The number of halogens is 2. The monoisotopic (exact) mass is 383 g/mol. The van der Waals surface area contributed by atoms with Crippen LogP contribution in [0.1, 0.15) is 5.56 Å². The summed E-state index contributed by atoms with van der Waals surface area (Å²) in [5.74, 6) is -0.565. The summed E-state index contributed by atoms with van der Waals surface area (Å²) in [6.07, 6.45) is 3.91. The van der Waals surface area contributed by atoms with Crippen LogP contribution in [0, 0.1) is 10.1 Å². The minimum Gasteiger partial charge on any atom is -0.390 e. The van der Waals surface area contributed by atoms with Crippen molar-refractivity contribution in [1.29, 1.82) is 0 Å². The summed E-state index contributed by atoms with van der Waals surface area (Å²) >= 11 is 12.1. The normalized spacial score (nSPS) is 13.6. The van der Waals surface area contributed by atoms with Crippen LogP contribution >= 0.6 is 23.2 Å². The van der Waals surface area contributed by atoms with Gasteiger partial charge in [0, 0.05) is 20.7 Å². The van der Waals surface area contributed by atoms with E-state index in [1.54, 1.807) is 12.1 Å². The lowest BCUT2D eigenvalue weighted by molar-refractivity contribution is -0.394. The van der Waals surface area contributed by atoms with Gasteiger partial charge in [0.25, 0.3) is 0 Å². The first kappa shape index (κ1) is 17.3. The maximum absolute atomic E-state index is 11.3. The molecule has 0 aliphatic carbocycles. The molecular weight excluding hydrogens is 373 g/mol. The van der Waals surface area contributed by atoms with Crippen LogP contribution in [0.5, 0.6) is 0 Å². The molecule has 0 amide bonds. The highest BCUT2D eigenvalue weighted by Crippen LogP contribution is 2.33. The van der Waals surface area contributed by atoms with E-state index in [9.17, 15) is 15.2 Å². The Hall–Kier alpha value is -2.56. The predicted octanol–water partition coefficient (Wildman–Crippen LogP) is 1.67. The summed E-state index contributed by atoms with van der Waals surface area (Å²) in [6, 6.07) is 4.65. The van der Waals surface area contributed by atoms with Crippen LogP contribution in [0.4, 0.5) is 5.95 Å². The van der Waals surface area contributed by atoms with Gasteiger partial charge in [0.05, 0.1) is 13.1 Å². The summed E-state index contributed by atoms with van der Waals surface area (Å²) in [5, 5.41) is 30.3. The highest BCUT2D eigenvalue weighted by Gasteiger charge is 2.35. The third-order valence-corrected chi connectivity index (χ3v) is 3.98. The van der Waals surface area contributed by atoms with Crippen LogP contribution in [0.3, 0.4) is 0 Å². The smallest absolute Gasteiger partial charge is 0.390 e. The van der Waals surface area contributed by atoms with E-state index >= 15 is 0 Å². The molecule has 0 spiro atoms. The SMILES string of the molecule is O=[N+]([O-])c1ncn(CC(O)(Cn2cncn2)c2ccc(Cl)cc2Cl)n1. The summed E-state index contributed by atoms with van der Waals surface area (Å²) in [6.45, 7) is -0.156. The van der Waals surface area contributed by atoms with Crippen molar-refractivity contribution in [2.24, 2.45) is 0 Å². The molecule has 1 unspecified atom stereocenters. The van der Waals surface area contributed by atoms with Gasteiger partial charge >= 0.3 is 5.95 Å². The van der Waals surface area contributed by atoms with Gasteiger partial charge in [-0.3, -0.25) is 0 Å². The summed E-state index contributed by atoms with van der Waals surface area (Å²) in [5.41, 5.74) is -1.22. The largest absolute Gasteiger partial charge is 0.490 e. The first-order valence-electron chi connectivity index (χ1n) is 6.91. The Bertz CT molecular complexity index is 899. The van der Waals surface area contributed by atoms with Crippen molar-refractivity contribution in [1.82, 2.24) is 29.5 Å². The molecule has 1 aromatic carbocycles. The molecule has 10 nitrogen and oxygen atoms in total. The fourth-order valence-electron chi connectivity index (χ4n) is 2.38. The molecular formula is C13H11Cl2N7O3. The van der Waals surface area contributed by atoms with E-state index in [2.05, 4.69) is 20.2 Å². The molecule has 3 aromatic rings. The zero-order valence-corrected chi connectivity index (χ0v) is 14.0. The number of rotatable bonds is 6. The number of aromatic nitrogens is 6. The van der Waals surface area contributed by atoms with Gasteiger partial charge in [-0.1, -0.05) is 34.3 Å². The second-order valence-corrected chi connectivity index (χ2v) is 6.09. The lowest BCUT2D eigenvalue weighted by Crippen LogP contribution is -2.37. The van der Waals surface area contributed by atoms with Gasteiger partial charge in [-0.2, -0.15) is 9.78 Å². The minimum absolute atomic E-state index is 0.0119. The molecule has 0 aliphatic heterocycles. The summed E-state index contributed by atoms with van der Waals surface area (Å²) in [4.78, 5) is 17.4. The van der Waals surface area contributed by atoms with Crippen molar-refractivity contribution in [3.05, 3.63) is 62.9 Å². The molecule has 130 valence electrons. The third-order valence-electron chi connectivity index (χ3n) is 3.43. The standard InChI is InChI=1S/C13H11Cl2N7O3/c14-9-1-2-10(11(15)3-9)13(23,4-20-7-16-6-18-20)5-21-8-17-12(19-21)22(24)25/h1-3,6-8,23H,4-5H2. The lowest BCUT2D eigenvalue weighted by Gasteiger charge is -2.28. The van der Waals surface area contributed by atoms with Gasteiger partial charge in [0.15, 0.2) is 0 Å². The zero-order chi connectivity index (χ0) is 18.0. The van der Waals surface area contributed by atoms with E-state index in [-0.39, 0.29) is 18.1 Å². The van der Waals surface area contributed by atoms with Gasteiger partial charge in [0.1, 0.15) is 18.3 Å². The average Bonchev–Trinajstić information content (AvgIpc) is 3.18. The maximum atomic E-state index is 11.3. The Morgan fingerprint density at radius 2 is 2.00 bits per heavy atom. The van der Waals surface area contributed by atoms with Crippen LogP contribution in [-0.4, -0.2) is 39.6 Å². The second kappa shape index (κ2) is 6.75. The molecule has 2 heterocycles. The first-order chi connectivity index (χ1) is 11.9. The molecule has 0 saturated carbocycles. The zero-order valence-electron chi connectivity index (χ0n) is 12.5. The topological polar surface area (TPSA) is 125 Å². The van der Waals surface area contributed by atoms with Crippen molar-refractivity contribution >= 4 is 29.2 Å². The molecule has 2 aromatic heterocycles. The van der Waals surface area contributed by atoms with Crippen molar-refractivity contribution in [3.8, 4) is 0 Å². The molecule has 0 aliphatic rings. The molecule has 3 rings (SSSR count). The number of benzene rings is 1. The number of hydrogen-bond acceptors (Lipinski definition) is 7. The van der Waals surface area contributed by atoms with Crippen LogP contribution < -0.4 is 0 Å². The summed E-state index contributed by atoms with van der Waals surface area (Å²) in [7, 11) is 0. The van der Waals surface area contributed by atoms with Crippen molar-refractivity contribution in [2.75, 3.05) is 0 Å². The number of hydrogen-bond donors (Lipinski definition) is 1. The second-order valence-electron chi connectivity index (χ2n) is 5.25. The molecule has 0 bridgehead atoms. The predicted molar refractivity (Wildman–Crippen MR) is 87.1 cm³/mol. The van der Waals surface area contributed by atoms with Crippen LogP contribution in [0.25, 0.3) is 0 Å². The van der Waals surface area contributed by atoms with E-state index in [0.29, 0.717) is 10.6 Å². The molecule has 0 fully saturated rings. The van der Waals surface area contributed by atoms with Crippen molar-refractivity contribution in [2.45, 2.75) is 18.7 Å². The minimum atomic E-state index is -1.59. The van der Waals surface area contributed by atoms with Crippen LogP contribution in [0.15, 0.2) is 37.2 Å². The quantitative estimate of drug-likeness (QED) is 0.506. The van der Waals surface area contributed by atoms with Gasteiger partial charge in [-0.15, -0.1) is 0 Å². The molecule has 0 saturated heterocycles. The number of nitro groups is 1. The third kappa shape index (κ3) is 3.76. The van der Waals surface area contributed by atoms with Crippen molar-refractivity contribution < 1.29 is 10.0 Å². The Balaban J connectivity index is 1.99. The Kier molecular flexibility index (Phi) is 4.66.